The second-order valence-electron chi connectivity index (χ2n) is 5.43. The van der Waals surface area contributed by atoms with E-state index in [9.17, 15) is 0 Å². The third kappa shape index (κ3) is 3.43. The quantitative estimate of drug-likeness (QED) is 0.881. The van der Waals surface area contributed by atoms with Gasteiger partial charge in [-0.25, -0.2) is 0 Å². The van der Waals surface area contributed by atoms with Gasteiger partial charge in [0.15, 0.2) is 0 Å². The van der Waals surface area contributed by atoms with Crippen LogP contribution in [0.5, 0.6) is 0 Å². The molecule has 0 saturated carbocycles. The molecule has 1 aromatic rings. The zero-order valence-corrected chi connectivity index (χ0v) is 12.9. The number of nitrogens with one attached hydrogen (secondary N) is 1. The highest BCUT2D eigenvalue weighted by molar-refractivity contribution is 6.31. The van der Waals surface area contributed by atoms with Crippen molar-refractivity contribution in [2.75, 3.05) is 18.5 Å². The van der Waals surface area contributed by atoms with Crippen molar-refractivity contribution in [3.63, 3.8) is 0 Å². The molecule has 0 amide bonds. The Bertz CT molecular complexity index is 427. The van der Waals surface area contributed by atoms with Crippen molar-refractivity contribution in [1.29, 1.82) is 0 Å². The molecular weight excluding hydrogens is 258 g/mol. The van der Waals surface area contributed by atoms with Crippen LogP contribution >= 0.6 is 11.6 Å². The van der Waals surface area contributed by atoms with Crippen LogP contribution in [0.2, 0.25) is 5.02 Å². The van der Waals surface area contributed by atoms with E-state index in [2.05, 4.69) is 32.2 Å². The molecule has 1 aromatic carbocycles. The van der Waals surface area contributed by atoms with Gasteiger partial charge in [0.25, 0.3) is 0 Å². The van der Waals surface area contributed by atoms with E-state index in [0.29, 0.717) is 12.0 Å². The Hall–Kier alpha value is -0.730. The Morgan fingerprint density at radius 2 is 2.05 bits per heavy atom. The van der Waals surface area contributed by atoms with Crippen LogP contribution in [0.3, 0.4) is 0 Å². The Morgan fingerprint density at radius 3 is 2.68 bits per heavy atom. The number of halogens is 1. The molecule has 1 aliphatic heterocycles. The van der Waals surface area contributed by atoms with Gasteiger partial charge in [-0.1, -0.05) is 18.5 Å². The zero-order valence-electron chi connectivity index (χ0n) is 12.1. The van der Waals surface area contributed by atoms with Crippen molar-refractivity contribution >= 4 is 17.3 Å². The van der Waals surface area contributed by atoms with Crippen LogP contribution in [-0.4, -0.2) is 19.3 Å². The fourth-order valence-electron chi connectivity index (χ4n) is 2.90. The molecule has 0 radical (unpaired) electrons. The van der Waals surface area contributed by atoms with E-state index in [-0.39, 0.29) is 0 Å². The SMILES string of the molecule is CCc1c(NC(C)C2CCOCC2)ccc(Cl)c1C. The predicted octanol–water partition coefficient (Wildman–Crippen LogP) is 4.44. The van der Waals surface area contributed by atoms with Crippen molar-refractivity contribution in [1.82, 2.24) is 0 Å². The van der Waals surface area contributed by atoms with E-state index >= 15 is 0 Å². The Labute approximate surface area is 121 Å². The maximum atomic E-state index is 6.21. The van der Waals surface area contributed by atoms with Gasteiger partial charge in [-0.3, -0.25) is 0 Å². The largest absolute Gasteiger partial charge is 0.382 e. The van der Waals surface area contributed by atoms with Crippen LogP contribution in [0.15, 0.2) is 12.1 Å². The molecular formula is C16H24ClNO. The smallest absolute Gasteiger partial charge is 0.0469 e. The number of rotatable bonds is 4. The van der Waals surface area contributed by atoms with Crippen LogP contribution in [0.4, 0.5) is 5.69 Å². The summed E-state index contributed by atoms with van der Waals surface area (Å²) in [7, 11) is 0. The lowest BCUT2D eigenvalue weighted by Crippen LogP contribution is -2.31. The van der Waals surface area contributed by atoms with E-state index in [0.717, 1.165) is 37.5 Å². The first kappa shape index (κ1) is 14.7. The topological polar surface area (TPSA) is 21.3 Å². The summed E-state index contributed by atoms with van der Waals surface area (Å²) in [5.74, 6) is 0.703. The van der Waals surface area contributed by atoms with Crippen LogP contribution < -0.4 is 5.32 Å². The van der Waals surface area contributed by atoms with Gasteiger partial charge in [0, 0.05) is 30.0 Å². The highest BCUT2D eigenvalue weighted by Crippen LogP contribution is 2.29. The zero-order chi connectivity index (χ0) is 13.8. The summed E-state index contributed by atoms with van der Waals surface area (Å²) in [6, 6.07) is 4.59. The average molecular weight is 282 g/mol. The first-order chi connectivity index (χ1) is 9.13. The van der Waals surface area contributed by atoms with Gasteiger partial charge in [0.2, 0.25) is 0 Å². The second-order valence-corrected chi connectivity index (χ2v) is 5.84. The Balaban J connectivity index is 2.11. The van der Waals surface area contributed by atoms with Crippen LogP contribution in [0.25, 0.3) is 0 Å². The fourth-order valence-corrected chi connectivity index (χ4v) is 3.08. The summed E-state index contributed by atoms with van der Waals surface area (Å²) in [6.45, 7) is 8.36. The molecule has 1 heterocycles. The molecule has 2 rings (SSSR count). The van der Waals surface area contributed by atoms with Gasteiger partial charge in [-0.2, -0.15) is 0 Å². The lowest BCUT2D eigenvalue weighted by atomic mass is 9.92. The highest BCUT2D eigenvalue weighted by Gasteiger charge is 2.21. The highest BCUT2D eigenvalue weighted by atomic mass is 35.5. The first-order valence-electron chi connectivity index (χ1n) is 7.25. The monoisotopic (exact) mass is 281 g/mol. The van der Waals surface area contributed by atoms with Gasteiger partial charge in [0.05, 0.1) is 0 Å². The third-order valence-corrected chi connectivity index (χ3v) is 4.65. The molecule has 0 spiro atoms. The molecule has 2 nitrogen and oxygen atoms in total. The molecule has 1 saturated heterocycles. The molecule has 3 heteroatoms. The first-order valence-corrected chi connectivity index (χ1v) is 7.63. The minimum absolute atomic E-state index is 0.481. The number of ether oxygens (including phenoxy) is 1. The summed E-state index contributed by atoms with van der Waals surface area (Å²) in [4.78, 5) is 0. The van der Waals surface area contributed by atoms with Crippen LogP contribution in [0, 0.1) is 12.8 Å². The lowest BCUT2D eigenvalue weighted by Gasteiger charge is -2.30. The third-order valence-electron chi connectivity index (χ3n) is 4.24. The van der Waals surface area contributed by atoms with Crippen LogP contribution in [-0.2, 0) is 11.2 Å². The van der Waals surface area contributed by atoms with Crippen molar-refractivity contribution in [2.24, 2.45) is 5.92 Å². The maximum Gasteiger partial charge on any atom is 0.0469 e. The normalized spacial score (nSPS) is 18.3. The van der Waals surface area contributed by atoms with Gasteiger partial charge in [-0.15, -0.1) is 0 Å². The van der Waals surface area contributed by atoms with Gasteiger partial charge in [0.1, 0.15) is 0 Å². The molecule has 1 fully saturated rings. The Kier molecular flexibility index (Phi) is 5.12. The lowest BCUT2D eigenvalue weighted by molar-refractivity contribution is 0.0622. The summed E-state index contributed by atoms with van der Waals surface area (Å²) in [6.07, 6.45) is 3.32. The van der Waals surface area contributed by atoms with Crippen molar-refractivity contribution < 1.29 is 4.74 Å². The number of benzene rings is 1. The average Bonchev–Trinajstić information content (AvgIpc) is 2.44. The molecule has 1 aliphatic rings. The summed E-state index contributed by atoms with van der Waals surface area (Å²) >= 11 is 6.21. The van der Waals surface area contributed by atoms with Crippen molar-refractivity contribution in [3.05, 3.63) is 28.3 Å². The molecule has 106 valence electrons. The second kappa shape index (κ2) is 6.62. The molecule has 0 aromatic heterocycles. The predicted molar refractivity (Wildman–Crippen MR) is 82.2 cm³/mol. The summed E-state index contributed by atoms with van der Waals surface area (Å²) in [5, 5.41) is 4.55. The fraction of sp³-hybridized carbons (Fsp3) is 0.625. The maximum absolute atomic E-state index is 6.21. The van der Waals surface area contributed by atoms with Gasteiger partial charge in [-0.05, 0) is 62.3 Å². The molecule has 1 N–H and O–H groups in total. The minimum Gasteiger partial charge on any atom is -0.382 e. The van der Waals surface area contributed by atoms with E-state index in [1.54, 1.807) is 0 Å². The Morgan fingerprint density at radius 1 is 1.37 bits per heavy atom. The van der Waals surface area contributed by atoms with E-state index < -0.39 is 0 Å². The van der Waals surface area contributed by atoms with E-state index in [1.807, 2.05) is 6.07 Å². The van der Waals surface area contributed by atoms with Gasteiger partial charge >= 0.3 is 0 Å². The summed E-state index contributed by atoms with van der Waals surface area (Å²) in [5.41, 5.74) is 3.78. The number of anilines is 1. The molecule has 1 unspecified atom stereocenters. The van der Waals surface area contributed by atoms with Crippen molar-refractivity contribution in [3.8, 4) is 0 Å². The van der Waals surface area contributed by atoms with E-state index in [1.165, 1.54) is 16.8 Å². The number of hydrogen-bond donors (Lipinski definition) is 1. The van der Waals surface area contributed by atoms with Gasteiger partial charge < -0.3 is 10.1 Å². The van der Waals surface area contributed by atoms with Crippen LogP contribution in [0.1, 0.15) is 37.8 Å². The van der Waals surface area contributed by atoms with E-state index in [4.69, 9.17) is 16.3 Å². The number of hydrogen-bond acceptors (Lipinski definition) is 2. The standard InChI is InChI=1S/C16H24ClNO/c1-4-14-11(2)15(17)5-6-16(14)18-12(3)13-7-9-19-10-8-13/h5-6,12-13,18H,4,7-10H2,1-3H3. The van der Waals surface area contributed by atoms with Crippen molar-refractivity contribution in [2.45, 2.75) is 46.1 Å². The minimum atomic E-state index is 0.481. The molecule has 1 atom stereocenters. The summed E-state index contributed by atoms with van der Waals surface area (Å²) < 4.78 is 5.43. The molecule has 0 bridgehead atoms. The molecule has 0 aliphatic carbocycles. The molecule has 19 heavy (non-hydrogen) atoms.